The van der Waals surface area contributed by atoms with Crippen LogP contribution in [0.4, 0.5) is 52.7 Å². The minimum absolute atomic E-state index is 0. The fourth-order valence-corrected chi connectivity index (χ4v) is 0.703. The van der Waals surface area contributed by atoms with E-state index >= 15 is 0 Å². The number of ether oxygens (including phenoxy) is 1. The second kappa shape index (κ2) is 6.04. The molecule has 138 valence electrons. The molecule has 0 heterocycles. The van der Waals surface area contributed by atoms with E-state index in [9.17, 15) is 62.3 Å². The minimum atomic E-state index is -7.49. The molecule has 23 heavy (non-hydrogen) atoms. The molecule has 0 unspecified atom stereocenters. The van der Waals surface area contributed by atoms with Crippen molar-refractivity contribution >= 4 is 11.8 Å². The van der Waals surface area contributed by atoms with Crippen LogP contribution >= 0.6 is 0 Å². The Hall–Kier alpha value is -1.74. The fraction of sp³-hybridized carbons (Fsp3) is 0.714. The Morgan fingerprint density at radius 2 is 1.00 bits per heavy atom. The van der Waals surface area contributed by atoms with E-state index in [2.05, 4.69) is 0 Å². The molecule has 0 aromatic rings. The molecular formula is C7H2F12O4. The van der Waals surface area contributed by atoms with Crippen molar-refractivity contribution in [3.63, 3.8) is 0 Å². The molecule has 0 aromatic carbocycles. The number of esters is 1. The van der Waals surface area contributed by atoms with Gasteiger partial charge in [0.25, 0.3) is 0 Å². The van der Waals surface area contributed by atoms with Gasteiger partial charge in [-0.3, -0.25) is 4.79 Å². The summed E-state index contributed by atoms with van der Waals surface area (Å²) in [5, 5.41) is 0. The van der Waals surface area contributed by atoms with Crippen molar-refractivity contribution in [2.24, 2.45) is 0 Å². The topological polar surface area (TPSA) is 74.9 Å². The number of hydrogen-bond donors (Lipinski definition) is 0. The monoisotopic (exact) mass is 378 g/mol. The normalized spacial score (nSPS) is 14.1. The van der Waals surface area contributed by atoms with Gasteiger partial charge in [0.05, 0.1) is 0 Å². The number of carbonyl (C=O) groups is 2. The van der Waals surface area contributed by atoms with Gasteiger partial charge in [0.15, 0.2) is 0 Å². The van der Waals surface area contributed by atoms with Crippen LogP contribution in [0.5, 0.6) is 0 Å². The largest absolute Gasteiger partial charge is 0.473 e. The summed E-state index contributed by atoms with van der Waals surface area (Å²) in [5.41, 5.74) is 0. The van der Waals surface area contributed by atoms with Crippen LogP contribution in [0.25, 0.3) is 0 Å². The molecule has 0 radical (unpaired) electrons. The molecule has 16 heteroatoms. The molecule has 0 aliphatic heterocycles. The zero-order valence-electron chi connectivity index (χ0n) is 9.76. The smallest absolute Gasteiger partial charge is 0.412 e. The Morgan fingerprint density at radius 1 is 0.652 bits per heavy atom. The van der Waals surface area contributed by atoms with E-state index in [4.69, 9.17) is 0 Å². The van der Waals surface area contributed by atoms with Gasteiger partial charge in [0, 0.05) is 0 Å². The molecule has 0 saturated heterocycles. The quantitative estimate of drug-likeness (QED) is 0.428. The Bertz CT molecular complexity index is 461. The number of Topliss-reactive ketones (excluding diaryl/α,β-unsaturated/α-hetero) is 1. The van der Waals surface area contributed by atoms with E-state index in [0.717, 1.165) is 0 Å². The summed E-state index contributed by atoms with van der Waals surface area (Å²) in [6.45, 7) is 0. The van der Waals surface area contributed by atoms with E-state index in [1.807, 2.05) is 4.74 Å². The molecule has 0 saturated carbocycles. The van der Waals surface area contributed by atoms with Crippen LogP contribution in [-0.4, -0.2) is 47.5 Å². The van der Waals surface area contributed by atoms with Crippen LogP contribution < -0.4 is 0 Å². The van der Waals surface area contributed by atoms with E-state index in [-0.39, 0.29) is 5.48 Å². The van der Waals surface area contributed by atoms with E-state index < -0.39 is 42.1 Å². The zero-order valence-corrected chi connectivity index (χ0v) is 9.76. The lowest BCUT2D eigenvalue weighted by Crippen LogP contribution is -2.62. The van der Waals surface area contributed by atoms with Crippen molar-refractivity contribution in [3.05, 3.63) is 0 Å². The van der Waals surface area contributed by atoms with E-state index in [0.29, 0.717) is 0 Å². The summed E-state index contributed by atoms with van der Waals surface area (Å²) in [6, 6.07) is 0. The maximum atomic E-state index is 12.5. The van der Waals surface area contributed by atoms with Crippen LogP contribution in [0.3, 0.4) is 0 Å². The third-order valence-electron chi connectivity index (χ3n) is 1.78. The molecule has 0 fully saturated rings. The Morgan fingerprint density at radius 3 is 1.26 bits per heavy atom. The zero-order chi connectivity index (χ0) is 18.4. The third-order valence-corrected chi connectivity index (χ3v) is 1.78. The third kappa shape index (κ3) is 4.17. The van der Waals surface area contributed by atoms with Crippen molar-refractivity contribution in [2.75, 3.05) is 0 Å². The van der Waals surface area contributed by atoms with Crippen LogP contribution in [0.15, 0.2) is 0 Å². The van der Waals surface area contributed by atoms with Gasteiger partial charge in [-0.2, -0.15) is 52.7 Å². The van der Waals surface area contributed by atoms with Gasteiger partial charge in [0.2, 0.25) is 0 Å². The average Bonchev–Trinajstić information content (AvgIpc) is 2.23. The summed E-state index contributed by atoms with van der Waals surface area (Å²) in [4.78, 5) is 20.2. The molecule has 0 aliphatic rings. The van der Waals surface area contributed by atoms with Crippen LogP contribution in [-0.2, 0) is 14.3 Å². The predicted molar refractivity (Wildman–Crippen MR) is 41.7 cm³/mol. The van der Waals surface area contributed by atoms with Gasteiger partial charge < -0.3 is 10.2 Å². The van der Waals surface area contributed by atoms with E-state index in [1.165, 1.54) is 0 Å². The summed E-state index contributed by atoms with van der Waals surface area (Å²) < 4.78 is 146. The lowest BCUT2D eigenvalue weighted by molar-refractivity contribution is -0.434. The van der Waals surface area contributed by atoms with Gasteiger partial charge in [-0.15, -0.1) is 0 Å². The van der Waals surface area contributed by atoms with Crippen LogP contribution in [0.1, 0.15) is 0 Å². The Balaban J connectivity index is 0. The van der Waals surface area contributed by atoms with E-state index in [1.54, 1.807) is 0 Å². The highest BCUT2D eigenvalue weighted by Crippen LogP contribution is 2.53. The standard InChI is InChI=1S/C7F12O3.H2O/c8-3(9,10)1(20)2(21)22-7(18,19)5(13,14)4(11,12)6(15,16)17;/h;1H2. The first-order valence-electron chi connectivity index (χ1n) is 4.33. The van der Waals surface area contributed by atoms with Gasteiger partial charge in [-0.25, -0.2) is 4.79 Å². The van der Waals surface area contributed by atoms with Crippen molar-refractivity contribution in [2.45, 2.75) is 30.3 Å². The molecule has 0 aromatic heterocycles. The summed E-state index contributed by atoms with van der Waals surface area (Å²) >= 11 is 0. The Labute approximate surface area is 116 Å². The number of ketones is 1. The first kappa shape index (κ1) is 23.5. The summed E-state index contributed by atoms with van der Waals surface area (Å²) in [5.74, 6) is -22.6. The fourth-order valence-electron chi connectivity index (χ4n) is 0.703. The molecule has 0 aliphatic carbocycles. The maximum Gasteiger partial charge on any atom is 0.473 e. The minimum Gasteiger partial charge on any atom is -0.412 e. The lowest BCUT2D eigenvalue weighted by atomic mass is 10.1. The van der Waals surface area contributed by atoms with Crippen molar-refractivity contribution in [3.8, 4) is 0 Å². The second-order valence-electron chi connectivity index (χ2n) is 3.38. The second-order valence-corrected chi connectivity index (χ2v) is 3.38. The number of carbonyl (C=O) groups excluding carboxylic acids is 2. The number of alkyl halides is 12. The summed E-state index contributed by atoms with van der Waals surface area (Å²) in [7, 11) is 0. The average molecular weight is 378 g/mol. The van der Waals surface area contributed by atoms with Gasteiger partial charge >= 0.3 is 42.1 Å². The Kier molecular flexibility index (Phi) is 6.18. The first-order valence-corrected chi connectivity index (χ1v) is 4.33. The molecule has 4 nitrogen and oxygen atoms in total. The van der Waals surface area contributed by atoms with Gasteiger partial charge in [0.1, 0.15) is 0 Å². The highest BCUT2D eigenvalue weighted by atomic mass is 19.4. The highest BCUT2D eigenvalue weighted by Gasteiger charge is 2.84. The molecule has 0 atom stereocenters. The van der Waals surface area contributed by atoms with Crippen molar-refractivity contribution in [1.29, 1.82) is 0 Å². The van der Waals surface area contributed by atoms with Crippen molar-refractivity contribution in [1.82, 2.24) is 0 Å². The van der Waals surface area contributed by atoms with Crippen LogP contribution in [0.2, 0.25) is 0 Å². The highest BCUT2D eigenvalue weighted by molar-refractivity contribution is 6.35. The van der Waals surface area contributed by atoms with Crippen LogP contribution in [0, 0.1) is 0 Å². The summed E-state index contributed by atoms with van der Waals surface area (Å²) in [6.07, 6.45) is -20.5. The number of rotatable bonds is 4. The van der Waals surface area contributed by atoms with Gasteiger partial charge in [-0.1, -0.05) is 0 Å². The molecule has 2 N–H and O–H groups in total. The first-order chi connectivity index (χ1) is 9.29. The number of halogens is 12. The molecule has 0 bridgehead atoms. The SMILES string of the molecule is O.O=C(OC(F)(F)C(F)(F)C(F)(F)C(F)(F)F)C(=O)C(F)(F)F. The van der Waals surface area contributed by atoms with Gasteiger partial charge in [-0.05, 0) is 0 Å². The predicted octanol–water partition coefficient (Wildman–Crippen LogP) is 2.26. The van der Waals surface area contributed by atoms with Crippen molar-refractivity contribution < 1.29 is 72.5 Å². The molecule has 0 amide bonds. The molecule has 0 spiro atoms. The maximum absolute atomic E-state index is 12.5. The number of hydrogen-bond acceptors (Lipinski definition) is 3. The molecule has 0 rings (SSSR count). The molecular weight excluding hydrogens is 376 g/mol. The lowest BCUT2D eigenvalue weighted by Gasteiger charge is -2.32.